The van der Waals surface area contributed by atoms with Gasteiger partial charge in [0.25, 0.3) is 5.82 Å². The maximum Gasteiger partial charge on any atom is 0.322 e. The molecule has 1 N–H and O–H groups in total. The molecular formula is C7H3ClN3O2+. The lowest BCUT2D eigenvalue weighted by Gasteiger charge is -1.92. The van der Waals surface area contributed by atoms with E-state index in [1.54, 1.807) is 0 Å². The van der Waals surface area contributed by atoms with E-state index in [-0.39, 0.29) is 10.7 Å². The first-order chi connectivity index (χ1) is 6.20. The maximum absolute atomic E-state index is 10.4. The molecule has 1 aliphatic rings. The van der Waals surface area contributed by atoms with Crippen molar-refractivity contribution >= 4 is 29.2 Å². The van der Waals surface area contributed by atoms with E-state index < -0.39 is 4.92 Å². The normalized spacial score (nSPS) is 11.8. The first-order valence-electron chi connectivity index (χ1n) is 3.38. The second-order valence-electron chi connectivity index (χ2n) is 2.39. The average Bonchev–Trinajstić information content (AvgIpc) is 2.52. The average molecular weight is 197 g/mol. The Morgan fingerprint density at radius 3 is 3.15 bits per heavy atom. The van der Waals surface area contributed by atoms with Gasteiger partial charge in [-0.05, 0) is 0 Å². The number of hydrogen-bond donors (Lipinski definition) is 1. The van der Waals surface area contributed by atoms with Crippen molar-refractivity contribution in [1.29, 1.82) is 0 Å². The van der Waals surface area contributed by atoms with Crippen LogP contribution in [0.25, 0.3) is 6.08 Å². The Bertz CT molecular complexity index is 416. The van der Waals surface area contributed by atoms with Crippen molar-refractivity contribution in [2.75, 3.05) is 5.32 Å². The predicted octanol–water partition coefficient (Wildman–Crippen LogP) is 1.84. The van der Waals surface area contributed by atoms with Gasteiger partial charge in [0.1, 0.15) is 18.5 Å². The number of hydrogen-bond acceptors (Lipinski definition) is 4. The second-order valence-corrected chi connectivity index (χ2v) is 2.77. The third-order valence-electron chi connectivity index (χ3n) is 1.64. The summed E-state index contributed by atoms with van der Waals surface area (Å²) >= 11 is 5.76. The molecule has 5 nitrogen and oxygen atoms in total. The molecule has 13 heavy (non-hydrogen) atoms. The molecule has 0 amide bonds. The Morgan fingerprint density at radius 2 is 2.46 bits per heavy atom. The summed E-state index contributed by atoms with van der Waals surface area (Å²) in [5.74, 6) is 0.496. The Kier molecular flexibility index (Phi) is 1.62. The molecule has 0 radical (unpaired) electrons. The largest absolute Gasteiger partial charge is 0.322 e. The zero-order valence-electron chi connectivity index (χ0n) is 6.24. The van der Waals surface area contributed by atoms with Gasteiger partial charge in [-0.2, -0.15) is 10.3 Å². The summed E-state index contributed by atoms with van der Waals surface area (Å²) in [5.41, 5.74) is 0.318. The van der Waals surface area contributed by atoms with E-state index in [4.69, 9.17) is 11.6 Å². The highest BCUT2D eigenvalue weighted by atomic mass is 35.5. The van der Waals surface area contributed by atoms with Crippen LogP contribution < -0.4 is 5.32 Å². The smallest absolute Gasteiger partial charge is 0.258 e. The number of nitrogens with zero attached hydrogens (tertiary/aromatic N) is 2. The number of nitrogens with one attached hydrogen (secondary N) is 1. The second kappa shape index (κ2) is 2.65. The van der Waals surface area contributed by atoms with Crippen molar-refractivity contribution in [3.8, 4) is 0 Å². The lowest BCUT2D eigenvalue weighted by atomic mass is 10.2. The molecule has 0 fully saturated rings. The molecule has 0 aromatic carbocycles. The van der Waals surface area contributed by atoms with E-state index in [0.29, 0.717) is 11.4 Å². The van der Waals surface area contributed by atoms with Crippen LogP contribution >= 0.6 is 11.6 Å². The van der Waals surface area contributed by atoms with E-state index in [1.807, 2.05) is 0 Å². The summed E-state index contributed by atoms with van der Waals surface area (Å²) in [6.07, 6.45) is 5.30. The van der Waals surface area contributed by atoms with E-state index in [2.05, 4.69) is 16.5 Å². The van der Waals surface area contributed by atoms with Crippen molar-refractivity contribution < 1.29 is 4.92 Å². The maximum atomic E-state index is 10.4. The van der Waals surface area contributed by atoms with Gasteiger partial charge in [0.15, 0.2) is 5.56 Å². The van der Waals surface area contributed by atoms with Crippen LogP contribution in [0.5, 0.6) is 0 Å². The molecule has 2 heterocycles. The zero-order valence-corrected chi connectivity index (χ0v) is 7.00. The molecule has 0 atom stereocenters. The Balaban J connectivity index is 2.64. The van der Waals surface area contributed by atoms with Crippen LogP contribution in [-0.2, 0) is 0 Å². The molecule has 0 saturated heterocycles. The lowest BCUT2D eigenvalue weighted by molar-refractivity contribution is -0.385. The number of rotatable bonds is 1. The summed E-state index contributed by atoms with van der Waals surface area (Å²) in [7, 11) is 0. The van der Waals surface area contributed by atoms with Crippen LogP contribution in [0.15, 0.2) is 6.20 Å². The minimum absolute atomic E-state index is 0.0903. The highest BCUT2D eigenvalue weighted by Crippen LogP contribution is 2.34. The summed E-state index contributed by atoms with van der Waals surface area (Å²) in [6, 6.07) is 0. The molecule has 0 spiro atoms. The van der Waals surface area contributed by atoms with Gasteiger partial charge in [0.05, 0.1) is 4.92 Å². The van der Waals surface area contributed by atoms with Crippen LogP contribution in [-0.4, -0.2) is 9.91 Å². The Morgan fingerprint density at radius 1 is 1.69 bits per heavy atom. The third kappa shape index (κ3) is 1.11. The first-order valence-corrected chi connectivity index (χ1v) is 3.75. The number of pyridine rings is 1. The molecule has 6 heteroatoms. The highest BCUT2D eigenvalue weighted by Gasteiger charge is 2.29. The van der Waals surface area contributed by atoms with Crippen LogP contribution in [0, 0.1) is 16.3 Å². The third-order valence-corrected chi connectivity index (χ3v) is 2.03. The Labute approximate surface area is 78.2 Å². The van der Waals surface area contributed by atoms with Crippen LogP contribution in [0.4, 0.5) is 11.5 Å². The summed E-state index contributed by atoms with van der Waals surface area (Å²) in [4.78, 5) is 13.7. The SMILES string of the molecule is O=[N+]([O-])c1cnc2c(c1Cl)C=[C+]N2. The van der Waals surface area contributed by atoms with E-state index in [0.717, 1.165) is 6.20 Å². The fourth-order valence-electron chi connectivity index (χ4n) is 1.03. The van der Waals surface area contributed by atoms with Crippen LogP contribution in [0.3, 0.4) is 0 Å². The zero-order chi connectivity index (χ0) is 9.42. The summed E-state index contributed by atoms with van der Waals surface area (Å²) in [5, 5.41) is 13.2. The van der Waals surface area contributed by atoms with Gasteiger partial charge in [-0.15, -0.1) is 0 Å². The summed E-state index contributed by atoms with van der Waals surface area (Å²) < 4.78 is 0. The van der Waals surface area contributed by atoms with Gasteiger partial charge in [-0.1, -0.05) is 11.6 Å². The van der Waals surface area contributed by atoms with Gasteiger partial charge in [0, 0.05) is 0 Å². The topological polar surface area (TPSA) is 68.1 Å². The van der Waals surface area contributed by atoms with Gasteiger partial charge >= 0.3 is 5.69 Å². The minimum atomic E-state index is -0.568. The lowest BCUT2D eigenvalue weighted by Crippen LogP contribution is -1.95. The number of halogens is 1. The van der Waals surface area contributed by atoms with Crippen molar-refractivity contribution in [3.05, 3.63) is 33.1 Å². The fourth-order valence-corrected chi connectivity index (χ4v) is 1.29. The van der Waals surface area contributed by atoms with E-state index in [1.165, 1.54) is 6.08 Å². The number of anilines is 1. The summed E-state index contributed by atoms with van der Waals surface area (Å²) in [6.45, 7) is 0. The molecule has 1 aromatic heterocycles. The quantitative estimate of drug-likeness (QED) is 0.423. The van der Waals surface area contributed by atoms with Crippen molar-refractivity contribution in [2.45, 2.75) is 0 Å². The van der Waals surface area contributed by atoms with Crippen molar-refractivity contribution in [1.82, 2.24) is 4.98 Å². The molecule has 2 rings (SSSR count). The standard InChI is InChI=1S/C7H3ClN3O2/c8-6-4-1-2-9-7(4)10-3-5(6)11(12)13/h1,3H,(H,9,10)/q+1. The van der Waals surface area contributed by atoms with Gasteiger partial charge in [-0.25, -0.2) is 0 Å². The van der Waals surface area contributed by atoms with Crippen molar-refractivity contribution in [2.24, 2.45) is 0 Å². The monoisotopic (exact) mass is 196 g/mol. The molecule has 1 aromatic rings. The fraction of sp³-hybridized carbons (Fsp3) is 0. The molecule has 0 bridgehead atoms. The number of aromatic nitrogens is 1. The first kappa shape index (κ1) is 7.91. The van der Waals surface area contributed by atoms with Gasteiger partial charge in [0.2, 0.25) is 5.02 Å². The molecule has 1 aliphatic heterocycles. The van der Waals surface area contributed by atoms with Gasteiger partial charge in [-0.3, -0.25) is 10.1 Å². The molecule has 64 valence electrons. The molecular weight excluding hydrogens is 194 g/mol. The van der Waals surface area contributed by atoms with Crippen LogP contribution in [0.1, 0.15) is 5.56 Å². The highest BCUT2D eigenvalue weighted by molar-refractivity contribution is 6.34. The van der Waals surface area contributed by atoms with Crippen LogP contribution in [0.2, 0.25) is 5.02 Å². The number of nitro groups is 1. The van der Waals surface area contributed by atoms with E-state index >= 15 is 0 Å². The molecule has 0 unspecified atom stereocenters. The minimum Gasteiger partial charge on any atom is -0.258 e. The Hall–Kier alpha value is -1.71. The molecule has 0 saturated carbocycles. The molecule has 0 aliphatic carbocycles. The number of fused-ring (bicyclic) bond motifs is 1. The van der Waals surface area contributed by atoms with E-state index in [9.17, 15) is 10.1 Å². The predicted molar refractivity (Wildman–Crippen MR) is 47.2 cm³/mol. The van der Waals surface area contributed by atoms with Gasteiger partial charge < -0.3 is 0 Å². The van der Waals surface area contributed by atoms with Crippen molar-refractivity contribution in [3.63, 3.8) is 0 Å².